The normalized spacial score (nSPS) is 19.3. The molecular weight excluding hydrogens is 286 g/mol. The van der Waals surface area contributed by atoms with E-state index >= 15 is 0 Å². The van der Waals surface area contributed by atoms with Gasteiger partial charge in [0.1, 0.15) is 5.82 Å². The summed E-state index contributed by atoms with van der Waals surface area (Å²) in [7, 11) is 0. The van der Waals surface area contributed by atoms with Crippen LogP contribution in [0.1, 0.15) is 62.2 Å². The van der Waals surface area contributed by atoms with Crippen LogP contribution in [0.25, 0.3) is 0 Å². The first-order chi connectivity index (χ1) is 11.3. The third-order valence-electron chi connectivity index (χ3n) is 5.41. The number of nitrogens with zero attached hydrogens (tertiary/aromatic N) is 4. The molecule has 0 spiro atoms. The minimum absolute atomic E-state index is 0.323. The van der Waals surface area contributed by atoms with E-state index < -0.39 is 0 Å². The Morgan fingerprint density at radius 2 is 2.17 bits per heavy atom. The number of rotatable bonds is 6. The fourth-order valence-electron chi connectivity index (χ4n) is 3.70. The van der Waals surface area contributed by atoms with Crippen LogP contribution in [0.4, 0.5) is 0 Å². The Kier molecular flexibility index (Phi) is 4.21. The van der Waals surface area contributed by atoms with Crippen molar-refractivity contribution in [3.8, 4) is 0 Å². The number of hydrogen-bond acceptors (Lipinski definition) is 3. The maximum Gasteiger partial charge on any atom is 0.108 e. The quantitative estimate of drug-likeness (QED) is 0.891. The van der Waals surface area contributed by atoms with Gasteiger partial charge in [-0.25, -0.2) is 4.98 Å². The van der Waals surface area contributed by atoms with E-state index in [-0.39, 0.29) is 0 Å². The van der Waals surface area contributed by atoms with Crippen molar-refractivity contribution in [2.45, 2.75) is 71.1 Å². The third-order valence-corrected chi connectivity index (χ3v) is 5.41. The van der Waals surface area contributed by atoms with Crippen molar-refractivity contribution in [3.63, 3.8) is 0 Å². The zero-order chi connectivity index (χ0) is 15.6. The van der Waals surface area contributed by atoms with Gasteiger partial charge in [0.2, 0.25) is 0 Å². The molecule has 5 heteroatoms. The molecule has 2 aromatic rings. The van der Waals surface area contributed by atoms with E-state index in [0.29, 0.717) is 6.04 Å². The number of imidazole rings is 1. The highest BCUT2D eigenvalue weighted by Gasteiger charge is 2.19. The highest BCUT2D eigenvalue weighted by atomic mass is 15.3. The molecule has 5 nitrogen and oxygen atoms in total. The van der Waals surface area contributed by atoms with E-state index in [1.807, 2.05) is 6.20 Å². The molecular formula is C18H27N5. The molecule has 2 aliphatic rings. The second-order valence-corrected chi connectivity index (χ2v) is 7.18. The van der Waals surface area contributed by atoms with E-state index in [1.54, 1.807) is 0 Å². The summed E-state index contributed by atoms with van der Waals surface area (Å²) in [5.41, 5.74) is 2.59. The molecule has 1 fully saturated rings. The molecule has 1 saturated carbocycles. The largest absolute Gasteiger partial charge is 0.331 e. The van der Waals surface area contributed by atoms with E-state index in [1.165, 1.54) is 49.2 Å². The van der Waals surface area contributed by atoms with Gasteiger partial charge >= 0.3 is 0 Å². The molecule has 1 aliphatic heterocycles. The van der Waals surface area contributed by atoms with Crippen molar-refractivity contribution >= 4 is 0 Å². The van der Waals surface area contributed by atoms with Crippen LogP contribution in [0.3, 0.4) is 0 Å². The van der Waals surface area contributed by atoms with Crippen LogP contribution in [0.5, 0.6) is 0 Å². The molecule has 1 N–H and O–H groups in total. The van der Waals surface area contributed by atoms with Gasteiger partial charge in [0.25, 0.3) is 0 Å². The second kappa shape index (κ2) is 6.48. The minimum Gasteiger partial charge on any atom is -0.331 e. The lowest BCUT2D eigenvalue weighted by molar-refractivity contribution is 0.266. The minimum atomic E-state index is 0.323. The van der Waals surface area contributed by atoms with Gasteiger partial charge in [-0.05, 0) is 38.5 Å². The molecule has 3 heterocycles. The average Bonchev–Trinajstić information content (AvgIpc) is 3.15. The average molecular weight is 313 g/mol. The summed E-state index contributed by atoms with van der Waals surface area (Å²) < 4.78 is 4.52. The lowest BCUT2D eigenvalue weighted by atomic mass is 9.85. The predicted octanol–water partition coefficient (Wildman–Crippen LogP) is 3.07. The molecule has 124 valence electrons. The number of hydrogen-bond donors (Lipinski definition) is 1. The van der Waals surface area contributed by atoms with Crippen LogP contribution >= 0.6 is 0 Å². The van der Waals surface area contributed by atoms with Gasteiger partial charge in [-0.1, -0.05) is 6.42 Å². The van der Waals surface area contributed by atoms with Crippen molar-refractivity contribution in [3.05, 3.63) is 35.7 Å². The summed E-state index contributed by atoms with van der Waals surface area (Å²) in [5, 5.41) is 8.14. The van der Waals surface area contributed by atoms with E-state index in [0.717, 1.165) is 32.0 Å². The van der Waals surface area contributed by atoms with Gasteiger partial charge in [-0.3, -0.25) is 4.68 Å². The van der Waals surface area contributed by atoms with Gasteiger partial charge in [-0.15, -0.1) is 0 Å². The topological polar surface area (TPSA) is 47.7 Å². The SMILES string of the molecule is CC(NCc1cnn(CC2CCC2)c1)c1cnc2n1CCCC2. The Hall–Kier alpha value is -1.62. The summed E-state index contributed by atoms with van der Waals surface area (Å²) in [5.74, 6) is 2.11. The van der Waals surface area contributed by atoms with Gasteiger partial charge in [0, 0.05) is 43.9 Å². The van der Waals surface area contributed by atoms with E-state index in [2.05, 4.69) is 44.0 Å². The van der Waals surface area contributed by atoms with Crippen molar-refractivity contribution in [1.29, 1.82) is 0 Å². The molecule has 23 heavy (non-hydrogen) atoms. The first-order valence-electron chi connectivity index (χ1n) is 9.08. The van der Waals surface area contributed by atoms with Crippen LogP contribution in [0.2, 0.25) is 0 Å². The zero-order valence-corrected chi connectivity index (χ0v) is 14.0. The highest BCUT2D eigenvalue weighted by molar-refractivity contribution is 5.12. The van der Waals surface area contributed by atoms with Crippen LogP contribution < -0.4 is 5.32 Å². The third kappa shape index (κ3) is 3.20. The van der Waals surface area contributed by atoms with E-state index in [9.17, 15) is 0 Å². The van der Waals surface area contributed by atoms with Crippen molar-refractivity contribution < 1.29 is 0 Å². The molecule has 0 bridgehead atoms. The Labute approximate surface area is 138 Å². The summed E-state index contributed by atoms with van der Waals surface area (Å²) in [6, 6.07) is 0.323. The zero-order valence-electron chi connectivity index (χ0n) is 14.0. The van der Waals surface area contributed by atoms with Gasteiger partial charge in [-0.2, -0.15) is 5.10 Å². The van der Waals surface area contributed by atoms with Gasteiger partial charge < -0.3 is 9.88 Å². The smallest absolute Gasteiger partial charge is 0.108 e. The summed E-state index contributed by atoms with van der Waals surface area (Å²) in [6.07, 6.45) is 14.1. The molecule has 1 unspecified atom stereocenters. The monoisotopic (exact) mass is 313 g/mol. The number of aromatic nitrogens is 4. The molecule has 1 atom stereocenters. The molecule has 2 aromatic heterocycles. The molecule has 4 rings (SSSR count). The first kappa shape index (κ1) is 14.9. The van der Waals surface area contributed by atoms with Crippen LogP contribution in [0.15, 0.2) is 18.6 Å². The summed E-state index contributed by atoms with van der Waals surface area (Å²) in [4.78, 5) is 4.59. The summed E-state index contributed by atoms with van der Waals surface area (Å²) >= 11 is 0. The summed E-state index contributed by atoms with van der Waals surface area (Å²) in [6.45, 7) is 5.31. The lowest BCUT2D eigenvalue weighted by Gasteiger charge is -2.24. The van der Waals surface area contributed by atoms with Crippen molar-refractivity contribution in [2.24, 2.45) is 5.92 Å². The highest BCUT2D eigenvalue weighted by Crippen LogP contribution is 2.27. The lowest BCUT2D eigenvalue weighted by Crippen LogP contribution is -2.22. The fourth-order valence-corrected chi connectivity index (χ4v) is 3.70. The van der Waals surface area contributed by atoms with Crippen LogP contribution in [-0.4, -0.2) is 19.3 Å². The molecule has 1 aliphatic carbocycles. The standard InChI is InChI=1S/C18H27N5/c1-14(17-11-20-18-7-2-3-8-23(17)18)19-9-16-10-21-22(13-16)12-15-5-4-6-15/h10-11,13-15,19H,2-9,12H2,1H3. The van der Waals surface area contributed by atoms with Crippen molar-refractivity contribution in [2.75, 3.05) is 0 Å². The second-order valence-electron chi connectivity index (χ2n) is 7.18. The van der Waals surface area contributed by atoms with Crippen LogP contribution in [-0.2, 0) is 26.1 Å². The van der Waals surface area contributed by atoms with Gasteiger partial charge in [0.05, 0.1) is 18.1 Å². The molecule has 0 radical (unpaired) electrons. The maximum absolute atomic E-state index is 4.59. The first-order valence-corrected chi connectivity index (χ1v) is 9.08. The Balaban J connectivity index is 1.34. The Bertz CT molecular complexity index is 652. The van der Waals surface area contributed by atoms with Crippen LogP contribution in [0, 0.1) is 5.92 Å². The number of fused-ring (bicyclic) bond motifs is 1. The van der Waals surface area contributed by atoms with Crippen molar-refractivity contribution in [1.82, 2.24) is 24.6 Å². The Morgan fingerprint density at radius 1 is 1.26 bits per heavy atom. The molecule has 0 aromatic carbocycles. The number of nitrogens with one attached hydrogen (secondary N) is 1. The van der Waals surface area contributed by atoms with E-state index in [4.69, 9.17) is 0 Å². The maximum atomic E-state index is 4.59. The predicted molar refractivity (Wildman–Crippen MR) is 90.0 cm³/mol. The molecule has 0 saturated heterocycles. The fraction of sp³-hybridized carbons (Fsp3) is 0.667. The number of aryl methyl sites for hydroxylation is 1. The van der Waals surface area contributed by atoms with Gasteiger partial charge in [0.15, 0.2) is 0 Å². The molecule has 0 amide bonds. The Morgan fingerprint density at radius 3 is 3.00 bits per heavy atom.